The molecule has 2 saturated heterocycles. The van der Waals surface area contributed by atoms with Crippen LogP contribution in [0.1, 0.15) is 52.9 Å². The number of piperidine rings is 1. The van der Waals surface area contributed by atoms with E-state index >= 15 is 0 Å². The molecular weight excluding hydrogens is 248 g/mol. The van der Waals surface area contributed by atoms with Crippen LogP contribution in [0.3, 0.4) is 0 Å². The third-order valence-corrected chi connectivity index (χ3v) is 5.18. The molecule has 0 aromatic heterocycles. The summed E-state index contributed by atoms with van der Waals surface area (Å²) in [6.45, 7) is 12.6. The van der Waals surface area contributed by atoms with Crippen LogP contribution in [-0.4, -0.2) is 61.3 Å². The molecule has 0 aromatic rings. The summed E-state index contributed by atoms with van der Waals surface area (Å²) < 4.78 is 5.96. The van der Waals surface area contributed by atoms with Gasteiger partial charge in [-0.05, 0) is 85.5 Å². The topological polar surface area (TPSA) is 15.7 Å². The first-order valence-electron chi connectivity index (χ1n) is 8.50. The molecule has 0 amide bonds. The van der Waals surface area contributed by atoms with Crippen molar-refractivity contribution in [3.8, 4) is 0 Å². The maximum absolute atomic E-state index is 5.96. The van der Waals surface area contributed by atoms with E-state index in [1.54, 1.807) is 0 Å². The Kier molecular flexibility index (Phi) is 5.88. The monoisotopic (exact) mass is 282 g/mol. The minimum Gasteiger partial charge on any atom is -0.381 e. The van der Waals surface area contributed by atoms with Gasteiger partial charge in [0.1, 0.15) is 0 Å². The summed E-state index contributed by atoms with van der Waals surface area (Å²) in [5, 5.41) is 0. The van der Waals surface area contributed by atoms with Gasteiger partial charge in [0.05, 0.1) is 0 Å². The van der Waals surface area contributed by atoms with Gasteiger partial charge in [0, 0.05) is 24.8 Å². The fourth-order valence-electron chi connectivity index (χ4n) is 3.58. The summed E-state index contributed by atoms with van der Waals surface area (Å²) in [7, 11) is 2.25. The van der Waals surface area contributed by atoms with Crippen molar-refractivity contribution in [2.45, 2.75) is 64.5 Å². The van der Waals surface area contributed by atoms with Gasteiger partial charge in [-0.3, -0.25) is 4.90 Å². The molecule has 3 nitrogen and oxygen atoms in total. The summed E-state index contributed by atoms with van der Waals surface area (Å²) in [5.41, 5.74) is 0.332. The van der Waals surface area contributed by atoms with Crippen molar-refractivity contribution in [3.05, 3.63) is 0 Å². The minimum absolute atomic E-state index is 0.332. The van der Waals surface area contributed by atoms with Crippen LogP contribution in [0.2, 0.25) is 0 Å². The lowest BCUT2D eigenvalue weighted by atomic mass is 9.94. The average Bonchev–Trinajstić information content (AvgIpc) is 2.80. The standard InChI is InChI=1S/C17H34N2O/c1-17(2,3)19-11-7-15(8-12-19)14-20-13-9-16-6-5-10-18(16)4/h15-16H,5-14H2,1-4H3. The van der Waals surface area contributed by atoms with Crippen LogP contribution in [0, 0.1) is 5.92 Å². The van der Waals surface area contributed by atoms with Gasteiger partial charge in [-0.25, -0.2) is 0 Å². The summed E-state index contributed by atoms with van der Waals surface area (Å²) in [6.07, 6.45) is 6.56. The molecule has 118 valence electrons. The molecule has 2 aliphatic heterocycles. The van der Waals surface area contributed by atoms with E-state index in [0.29, 0.717) is 5.54 Å². The molecule has 2 fully saturated rings. The molecule has 0 radical (unpaired) electrons. The van der Waals surface area contributed by atoms with E-state index in [9.17, 15) is 0 Å². The Morgan fingerprint density at radius 2 is 1.75 bits per heavy atom. The number of rotatable bonds is 5. The molecule has 0 saturated carbocycles. The maximum atomic E-state index is 5.96. The fourth-order valence-corrected chi connectivity index (χ4v) is 3.58. The van der Waals surface area contributed by atoms with Gasteiger partial charge >= 0.3 is 0 Å². The smallest absolute Gasteiger partial charge is 0.0495 e. The molecule has 3 heteroatoms. The molecule has 20 heavy (non-hydrogen) atoms. The van der Waals surface area contributed by atoms with Gasteiger partial charge in [0.2, 0.25) is 0 Å². The zero-order valence-corrected chi connectivity index (χ0v) is 14.0. The molecule has 2 rings (SSSR count). The van der Waals surface area contributed by atoms with Crippen LogP contribution in [0.5, 0.6) is 0 Å². The molecule has 0 spiro atoms. The predicted molar refractivity (Wildman–Crippen MR) is 85.1 cm³/mol. The lowest BCUT2D eigenvalue weighted by molar-refractivity contribution is 0.0344. The Morgan fingerprint density at radius 1 is 1.05 bits per heavy atom. The van der Waals surface area contributed by atoms with E-state index in [2.05, 4.69) is 37.6 Å². The Bertz CT molecular complexity index is 279. The Balaban J connectivity index is 1.55. The Labute approximate surface area is 125 Å². The first-order valence-corrected chi connectivity index (χ1v) is 8.50. The first kappa shape index (κ1) is 16.3. The van der Waals surface area contributed by atoms with Crippen molar-refractivity contribution in [2.75, 3.05) is 39.9 Å². The minimum atomic E-state index is 0.332. The molecule has 0 bridgehead atoms. The molecule has 1 atom stereocenters. The Hall–Kier alpha value is -0.120. The lowest BCUT2D eigenvalue weighted by Crippen LogP contribution is -2.46. The highest BCUT2D eigenvalue weighted by Gasteiger charge is 2.27. The highest BCUT2D eigenvalue weighted by Crippen LogP contribution is 2.24. The van der Waals surface area contributed by atoms with Crippen molar-refractivity contribution in [3.63, 3.8) is 0 Å². The molecular formula is C17H34N2O. The summed E-state index contributed by atoms with van der Waals surface area (Å²) >= 11 is 0. The zero-order chi connectivity index (χ0) is 14.6. The second kappa shape index (κ2) is 7.24. The van der Waals surface area contributed by atoms with Gasteiger partial charge < -0.3 is 9.64 Å². The van der Waals surface area contributed by atoms with Crippen LogP contribution >= 0.6 is 0 Å². The largest absolute Gasteiger partial charge is 0.381 e. The normalized spacial score (nSPS) is 27.3. The number of hydrogen-bond donors (Lipinski definition) is 0. The average molecular weight is 282 g/mol. The second-order valence-corrected chi connectivity index (χ2v) is 7.74. The molecule has 2 heterocycles. The third-order valence-electron chi connectivity index (χ3n) is 5.18. The van der Waals surface area contributed by atoms with Crippen molar-refractivity contribution in [1.29, 1.82) is 0 Å². The van der Waals surface area contributed by atoms with Gasteiger partial charge in [-0.15, -0.1) is 0 Å². The zero-order valence-electron chi connectivity index (χ0n) is 14.0. The van der Waals surface area contributed by atoms with Crippen LogP contribution in [0.25, 0.3) is 0 Å². The van der Waals surface area contributed by atoms with Crippen molar-refractivity contribution < 1.29 is 4.74 Å². The summed E-state index contributed by atoms with van der Waals surface area (Å²) in [5.74, 6) is 0.787. The number of hydrogen-bond acceptors (Lipinski definition) is 3. The van der Waals surface area contributed by atoms with Crippen LogP contribution in [0.4, 0.5) is 0 Å². The number of likely N-dealkylation sites (tertiary alicyclic amines) is 2. The van der Waals surface area contributed by atoms with Crippen LogP contribution < -0.4 is 0 Å². The van der Waals surface area contributed by atoms with Crippen molar-refractivity contribution in [2.24, 2.45) is 5.92 Å². The van der Waals surface area contributed by atoms with Crippen molar-refractivity contribution in [1.82, 2.24) is 9.80 Å². The molecule has 0 aliphatic carbocycles. The van der Waals surface area contributed by atoms with Crippen molar-refractivity contribution >= 4 is 0 Å². The van der Waals surface area contributed by atoms with E-state index < -0.39 is 0 Å². The van der Waals surface area contributed by atoms with Crippen LogP contribution in [0.15, 0.2) is 0 Å². The van der Waals surface area contributed by atoms with Gasteiger partial charge in [0.25, 0.3) is 0 Å². The van der Waals surface area contributed by atoms with E-state index in [-0.39, 0.29) is 0 Å². The molecule has 2 aliphatic rings. The predicted octanol–water partition coefficient (Wildman–Crippen LogP) is 3.00. The summed E-state index contributed by atoms with van der Waals surface area (Å²) in [4.78, 5) is 5.10. The van der Waals surface area contributed by atoms with E-state index in [4.69, 9.17) is 4.74 Å². The molecule has 0 aromatic carbocycles. The van der Waals surface area contributed by atoms with Crippen LogP contribution in [-0.2, 0) is 4.74 Å². The number of ether oxygens (including phenoxy) is 1. The highest BCUT2D eigenvalue weighted by molar-refractivity contribution is 4.81. The second-order valence-electron chi connectivity index (χ2n) is 7.74. The maximum Gasteiger partial charge on any atom is 0.0495 e. The van der Waals surface area contributed by atoms with Gasteiger partial charge in [-0.2, -0.15) is 0 Å². The van der Waals surface area contributed by atoms with E-state index in [0.717, 1.165) is 25.2 Å². The SMILES string of the molecule is CN1CCCC1CCOCC1CCN(C(C)(C)C)CC1. The first-order chi connectivity index (χ1) is 9.47. The molecule has 0 N–H and O–H groups in total. The van der Waals surface area contributed by atoms with E-state index in [1.165, 1.54) is 51.7 Å². The lowest BCUT2D eigenvalue weighted by Gasteiger charge is -2.40. The quantitative estimate of drug-likeness (QED) is 0.721. The Morgan fingerprint density at radius 3 is 2.30 bits per heavy atom. The van der Waals surface area contributed by atoms with Gasteiger partial charge in [0.15, 0.2) is 0 Å². The highest BCUT2D eigenvalue weighted by atomic mass is 16.5. The number of nitrogens with zero attached hydrogens (tertiary/aromatic N) is 2. The fraction of sp³-hybridized carbons (Fsp3) is 1.00. The summed E-state index contributed by atoms with van der Waals surface area (Å²) in [6, 6.07) is 0.776. The van der Waals surface area contributed by atoms with E-state index in [1.807, 2.05) is 0 Å². The third kappa shape index (κ3) is 4.71. The van der Waals surface area contributed by atoms with Gasteiger partial charge in [-0.1, -0.05) is 0 Å². The molecule has 1 unspecified atom stereocenters.